The number of nitrogens with zero attached hydrogens (tertiary/aromatic N) is 3. The average molecular weight is 421 g/mol. The van der Waals surface area contributed by atoms with Crippen LogP contribution in [0.4, 0.5) is 0 Å². The maximum atomic E-state index is 5.99. The van der Waals surface area contributed by atoms with E-state index in [4.69, 9.17) is 19.2 Å². The highest BCUT2D eigenvalue weighted by Crippen LogP contribution is 2.20. The number of aliphatic imine (C=N–C) groups is 1. The molecular weight excluding hydrogens is 380 g/mol. The first-order valence-corrected chi connectivity index (χ1v) is 11.1. The van der Waals surface area contributed by atoms with Crippen molar-refractivity contribution in [1.29, 1.82) is 0 Å². The van der Waals surface area contributed by atoms with Gasteiger partial charge in [-0.15, -0.1) is 0 Å². The Hall–Kier alpha value is -1.83. The van der Waals surface area contributed by atoms with E-state index in [1.54, 1.807) is 7.11 Å². The van der Waals surface area contributed by atoms with E-state index in [9.17, 15) is 0 Å². The minimum absolute atomic E-state index is 0.340. The standard InChI is InChI=1S/C23H40N4O3/c1-5-24-23(27-13-11-21(12-14-27)29-17-8-16-28-4)25-19-20-9-6-7-10-22(20)30-18-15-26(2)3/h6-7,9-10,21H,5,8,11-19H2,1-4H3,(H,24,25). The van der Waals surface area contributed by atoms with Crippen LogP contribution in [-0.4, -0.2) is 89.1 Å². The van der Waals surface area contributed by atoms with Crippen LogP contribution in [0.2, 0.25) is 0 Å². The lowest BCUT2D eigenvalue weighted by Crippen LogP contribution is -2.47. The summed E-state index contributed by atoms with van der Waals surface area (Å²) in [6.07, 6.45) is 3.35. The van der Waals surface area contributed by atoms with Crippen LogP contribution >= 0.6 is 0 Å². The molecule has 0 spiro atoms. The fraction of sp³-hybridized carbons (Fsp3) is 0.696. The van der Waals surface area contributed by atoms with Crippen LogP contribution in [0, 0.1) is 0 Å². The molecule has 0 atom stereocenters. The summed E-state index contributed by atoms with van der Waals surface area (Å²) >= 11 is 0. The molecule has 1 aromatic carbocycles. The van der Waals surface area contributed by atoms with Crippen LogP contribution in [0.1, 0.15) is 31.7 Å². The van der Waals surface area contributed by atoms with Gasteiger partial charge in [0.15, 0.2) is 5.96 Å². The Morgan fingerprint density at radius 1 is 1.17 bits per heavy atom. The summed E-state index contributed by atoms with van der Waals surface area (Å²) in [5.41, 5.74) is 1.11. The van der Waals surface area contributed by atoms with E-state index in [1.165, 1.54) is 0 Å². The van der Waals surface area contributed by atoms with Gasteiger partial charge in [0.05, 0.1) is 12.6 Å². The number of rotatable bonds is 12. The molecule has 0 aromatic heterocycles. The second-order valence-electron chi connectivity index (χ2n) is 7.83. The van der Waals surface area contributed by atoms with Gasteiger partial charge in [0, 0.05) is 52.1 Å². The second kappa shape index (κ2) is 14.2. The molecule has 1 N–H and O–H groups in total. The van der Waals surface area contributed by atoms with Crippen LogP contribution in [-0.2, 0) is 16.0 Å². The largest absolute Gasteiger partial charge is 0.492 e. The Bertz CT molecular complexity index is 616. The normalized spacial score (nSPS) is 15.6. The van der Waals surface area contributed by atoms with Gasteiger partial charge < -0.3 is 29.3 Å². The molecule has 1 aliphatic heterocycles. The third-order valence-corrected chi connectivity index (χ3v) is 5.09. The monoisotopic (exact) mass is 420 g/mol. The lowest BCUT2D eigenvalue weighted by Gasteiger charge is -2.34. The zero-order valence-electron chi connectivity index (χ0n) is 19.2. The maximum absolute atomic E-state index is 5.99. The number of benzene rings is 1. The zero-order valence-corrected chi connectivity index (χ0v) is 19.2. The van der Waals surface area contributed by atoms with Gasteiger partial charge in [0.25, 0.3) is 0 Å². The van der Waals surface area contributed by atoms with E-state index in [0.29, 0.717) is 19.3 Å². The first-order valence-electron chi connectivity index (χ1n) is 11.1. The van der Waals surface area contributed by atoms with E-state index in [2.05, 4.69) is 42.2 Å². The van der Waals surface area contributed by atoms with Gasteiger partial charge in [-0.25, -0.2) is 4.99 Å². The fourth-order valence-corrected chi connectivity index (χ4v) is 3.39. The molecule has 7 nitrogen and oxygen atoms in total. The van der Waals surface area contributed by atoms with Gasteiger partial charge in [-0.1, -0.05) is 18.2 Å². The number of nitrogens with one attached hydrogen (secondary N) is 1. The van der Waals surface area contributed by atoms with Crippen LogP contribution < -0.4 is 10.1 Å². The molecule has 0 saturated carbocycles. The summed E-state index contributed by atoms with van der Waals surface area (Å²) in [5, 5.41) is 3.45. The highest BCUT2D eigenvalue weighted by Gasteiger charge is 2.22. The summed E-state index contributed by atoms with van der Waals surface area (Å²) in [4.78, 5) is 9.37. The number of hydrogen-bond acceptors (Lipinski definition) is 5. The number of guanidine groups is 1. The summed E-state index contributed by atoms with van der Waals surface area (Å²) in [6, 6.07) is 8.18. The number of likely N-dealkylation sites (tertiary alicyclic amines) is 1. The lowest BCUT2D eigenvalue weighted by molar-refractivity contribution is 0.00990. The Kier molecular flexibility index (Phi) is 11.6. The Labute approximate surface area is 182 Å². The molecule has 0 aliphatic carbocycles. The van der Waals surface area contributed by atoms with Gasteiger partial charge in [-0.05, 0) is 46.3 Å². The van der Waals surface area contributed by atoms with Crippen molar-refractivity contribution in [3.8, 4) is 5.75 Å². The number of piperidine rings is 1. The average Bonchev–Trinajstić information content (AvgIpc) is 2.75. The summed E-state index contributed by atoms with van der Waals surface area (Å²) in [6.45, 7) is 8.59. The third kappa shape index (κ3) is 8.90. The zero-order chi connectivity index (χ0) is 21.6. The predicted octanol–water partition coefficient (Wildman–Crippen LogP) is 2.61. The first-order chi connectivity index (χ1) is 14.6. The molecule has 0 bridgehead atoms. The van der Waals surface area contributed by atoms with Crippen molar-refractivity contribution in [2.75, 3.05) is 67.2 Å². The molecule has 1 heterocycles. The van der Waals surface area contributed by atoms with Crippen molar-refractivity contribution in [3.05, 3.63) is 29.8 Å². The highest BCUT2D eigenvalue weighted by molar-refractivity contribution is 5.80. The predicted molar refractivity (Wildman–Crippen MR) is 122 cm³/mol. The molecular formula is C23H40N4O3. The minimum atomic E-state index is 0.340. The number of methoxy groups -OCH3 is 1. The molecule has 1 fully saturated rings. The molecule has 7 heteroatoms. The minimum Gasteiger partial charge on any atom is -0.492 e. The molecule has 1 aromatic rings. The Balaban J connectivity index is 1.89. The van der Waals surface area contributed by atoms with Gasteiger partial charge in [-0.3, -0.25) is 0 Å². The van der Waals surface area contributed by atoms with Crippen molar-refractivity contribution in [2.24, 2.45) is 4.99 Å². The topological polar surface area (TPSA) is 58.6 Å². The van der Waals surface area contributed by atoms with Crippen molar-refractivity contribution >= 4 is 5.96 Å². The van der Waals surface area contributed by atoms with Gasteiger partial charge in [0.2, 0.25) is 0 Å². The van der Waals surface area contributed by atoms with Gasteiger partial charge in [-0.2, -0.15) is 0 Å². The third-order valence-electron chi connectivity index (χ3n) is 5.09. The lowest BCUT2D eigenvalue weighted by atomic mass is 10.1. The SMILES string of the molecule is CCNC(=NCc1ccccc1OCCN(C)C)N1CCC(OCCCOC)CC1. The fourth-order valence-electron chi connectivity index (χ4n) is 3.39. The molecule has 0 radical (unpaired) electrons. The van der Waals surface area contributed by atoms with E-state index < -0.39 is 0 Å². The molecule has 170 valence electrons. The van der Waals surface area contributed by atoms with E-state index in [-0.39, 0.29) is 0 Å². The molecule has 30 heavy (non-hydrogen) atoms. The van der Waals surface area contributed by atoms with Gasteiger partial charge in [0.1, 0.15) is 12.4 Å². The molecule has 0 unspecified atom stereocenters. The first kappa shape index (κ1) is 24.4. The van der Waals surface area contributed by atoms with Crippen molar-refractivity contribution in [2.45, 2.75) is 38.8 Å². The smallest absolute Gasteiger partial charge is 0.194 e. The van der Waals surface area contributed by atoms with Gasteiger partial charge >= 0.3 is 0 Å². The van der Waals surface area contributed by atoms with E-state index in [0.717, 1.165) is 75.9 Å². The van der Waals surface area contributed by atoms with Crippen LogP contribution in [0.15, 0.2) is 29.3 Å². The second-order valence-corrected chi connectivity index (χ2v) is 7.83. The molecule has 2 rings (SSSR count). The quantitative estimate of drug-likeness (QED) is 0.319. The van der Waals surface area contributed by atoms with E-state index in [1.807, 2.05) is 18.2 Å². The Morgan fingerprint density at radius 2 is 1.93 bits per heavy atom. The van der Waals surface area contributed by atoms with E-state index >= 15 is 0 Å². The molecule has 0 amide bonds. The molecule has 1 aliphatic rings. The van der Waals surface area contributed by atoms with Crippen LogP contribution in [0.3, 0.4) is 0 Å². The van der Waals surface area contributed by atoms with Crippen molar-refractivity contribution in [3.63, 3.8) is 0 Å². The summed E-state index contributed by atoms with van der Waals surface area (Å²) < 4.78 is 17.1. The number of hydrogen-bond donors (Lipinski definition) is 1. The number of para-hydroxylation sites is 1. The summed E-state index contributed by atoms with van der Waals surface area (Å²) in [7, 11) is 5.83. The van der Waals surface area contributed by atoms with Crippen LogP contribution in [0.5, 0.6) is 5.75 Å². The van der Waals surface area contributed by atoms with Crippen molar-refractivity contribution in [1.82, 2.24) is 15.1 Å². The summed E-state index contributed by atoms with van der Waals surface area (Å²) in [5.74, 6) is 1.89. The van der Waals surface area contributed by atoms with Crippen LogP contribution in [0.25, 0.3) is 0 Å². The molecule has 1 saturated heterocycles. The Morgan fingerprint density at radius 3 is 2.63 bits per heavy atom. The van der Waals surface area contributed by atoms with Crippen molar-refractivity contribution < 1.29 is 14.2 Å². The highest BCUT2D eigenvalue weighted by atomic mass is 16.5. The maximum Gasteiger partial charge on any atom is 0.194 e. The number of likely N-dealkylation sites (N-methyl/N-ethyl adjacent to an activating group) is 1. The number of ether oxygens (including phenoxy) is 3.